The Bertz CT molecular complexity index is 81.0. The fourth-order valence-corrected chi connectivity index (χ4v) is 0.556. The van der Waals surface area contributed by atoms with Gasteiger partial charge in [-0.15, -0.1) is 0 Å². The van der Waals surface area contributed by atoms with Crippen molar-refractivity contribution < 1.29 is 5.11 Å². The Labute approximate surface area is 56.4 Å². The number of nitrogens with two attached hydrogens (primary N) is 1. The number of rotatable bonds is 4. The second kappa shape index (κ2) is 5.79. The summed E-state index contributed by atoms with van der Waals surface area (Å²) in [6.07, 6.45) is 5.62. The SMILES string of the molecule is CCC=CC(N)CCO. The van der Waals surface area contributed by atoms with Gasteiger partial charge in [-0.05, 0) is 12.8 Å². The first kappa shape index (κ1) is 8.66. The highest BCUT2D eigenvalue weighted by Gasteiger charge is 1.92. The van der Waals surface area contributed by atoms with Gasteiger partial charge in [-0.3, -0.25) is 0 Å². The summed E-state index contributed by atoms with van der Waals surface area (Å²) in [5.74, 6) is 0. The average Bonchev–Trinajstić information content (AvgIpc) is 1.85. The Morgan fingerprint density at radius 3 is 2.78 bits per heavy atom. The average molecular weight is 129 g/mol. The van der Waals surface area contributed by atoms with E-state index >= 15 is 0 Å². The zero-order valence-electron chi connectivity index (χ0n) is 5.88. The molecule has 0 aromatic carbocycles. The van der Waals surface area contributed by atoms with Crippen LogP contribution in [0.15, 0.2) is 12.2 Å². The molecular weight excluding hydrogens is 114 g/mol. The second-order valence-electron chi connectivity index (χ2n) is 2.01. The smallest absolute Gasteiger partial charge is 0.0448 e. The zero-order chi connectivity index (χ0) is 7.11. The highest BCUT2D eigenvalue weighted by atomic mass is 16.3. The molecule has 2 nitrogen and oxygen atoms in total. The van der Waals surface area contributed by atoms with Crippen molar-refractivity contribution in [3.8, 4) is 0 Å². The minimum absolute atomic E-state index is 0.0370. The summed E-state index contributed by atoms with van der Waals surface area (Å²) in [4.78, 5) is 0. The Morgan fingerprint density at radius 2 is 2.33 bits per heavy atom. The van der Waals surface area contributed by atoms with Gasteiger partial charge < -0.3 is 10.8 Å². The molecule has 2 heteroatoms. The van der Waals surface area contributed by atoms with Crippen LogP contribution in [0.3, 0.4) is 0 Å². The third-order valence-electron chi connectivity index (χ3n) is 1.08. The summed E-state index contributed by atoms with van der Waals surface area (Å²) in [5.41, 5.74) is 5.52. The largest absolute Gasteiger partial charge is 0.396 e. The highest BCUT2D eigenvalue weighted by Crippen LogP contribution is 1.89. The van der Waals surface area contributed by atoms with E-state index in [9.17, 15) is 0 Å². The molecule has 0 saturated heterocycles. The zero-order valence-corrected chi connectivity index (χ0v) is 5.88. The van der Waals surface area contributed by atoms with Crippen molar-refractivity contribution in [2.45, 2.75) is 25.8 Å². The molecule has 3 N–H and O–H groups in total. The van der Waals surface area contributed by atoms with E-state index in [1.165, 1.54) is 0 Å². The van der Waals surface area contributed by atoms with Gasteiger partial charge >= 0.3 is 0 Å². The lowest BCUT2D eigenvalue weighted by Gasteiger charge is -2.00. The van der Waals surface area contributed by atoms with Gasteiger partial charge in [-0.1, -0.05) is 19.1 Å². The highest BCUT2D eigenvalue weighted by molar-refractivity contribution is 4.90. The minimum Gasteiger partial charge on any atom is -0.396 e. The number of aliphatic hydroxyl groups excluding tert-OH is 1. The number of allylic oxidation sites excluding steroid dienone is 1. The van der Waals surface area contributed by atoms with Gasteiger partial charge in [0, 0.05) is 12.6 Å². The predicted octanol–water partition coefficient (Wildman–Crippen LogP) is 0.662. The third-order valence-corrected chi connectivity index (χ3v) is 1.08. The van der Waals surface area contributed by atoms with Gasteiger partial charge in [-0.25, -0.2) is 0 Å². The van der Waals surface area contributed by atoms with E-state index in [2.05, 4.69) is 6.92 Å². The second-order valence-corrected chi connectivity index (χ2v) is 2.01. The molecule has 0 amide bonds. The first-order valence-electron chi connectivity index (χ1n) is 3.34. The van der Waals surface area contributed by atoms with Crippen LogP contribution in [0.1, 0.15) is 19.8 Å². The first-order chi connectivity index (χ1) is 4.31. The summed E-state index contributed by atoms with van der Waals surface area (Å²) in [6, 6.07) is 0.0370. The number of hydrogen-bond acceptors (Lipinski definition) is 2. The van der Waals surface area contributed by atoms with Gasteiger partial charge in [0.05, 0.1) is 0 Å². The van der Waals surface area contributed by atoms with Crippen LogP contribution >= 0.6 is 0 Å². The van der Waals surface area contributed by atoms with E-state index in [0.29, 0.717) is 6.42 Å². The van der Waals surface area contributed by atoms with Crippen molar-refractivity contribution >= 4 is 0 Å². The molecule has 54 valence electrons. The summed E-state index contributed by atoms with van der Waals surface area (Å²) in [6.45, 7) is 2.23. The molecule has 0 aromatic heterocycles. The molecule has 0 aliphatic carbocycles. The fraction of sp³-hybridized carbons (Fsp3) is 0.714. The maximum Gasteiger partial charge on any atom is 0.0448 e. The molecule has 0 fully saturated rings. The molecule has 0 bridgehead atoms. The van der Waals surface area contributed by atoms with E-state index < -0.39 is 0 Å². The molecule has 0 heterocycles. The van der Waals surface area contributed by atoms with E-state index in [-0.39, 0.29) is 12.6 Å². The Balaban J connectivity index is 3.25. The lowest BCUT2D eigenvalue weighted by atomic mass is 10.2. The Morgan fingerprint density at radius 1 is 1.67 bits per heavy atom. The van der Waals surface area contributed by atoms with Crippen molar-refractivity contribution in [3.05, 3.63) is 12.2 Å². The lowest BCUT2D eigenvalue weighted by molar-refractivity contribution is 0.283. The van der Waals surface area contributed by atoms with Crippen LogP contribution in [0.25, 0.3) is 0 Å². The monoisotopic (exact) mass is 129 g/mol. The minimum atomic E-state index is 0.0370. The molecule has 0 aliphatic heterocycles. The predicted molar refractivity (Wildman–Crippen MR) is 39.1 cm³/mol. The van der Waals surface area contributed by atoms with Gasteiger partial charge in [0.15, 0.2) is 0 Å². The standard InChI is InChI=1S/C7H15NO/c1-2-3-4-7(8)5-6-9/h3-4,7,9H,2,5-6,8H2,1H3. The van der Waals surface area contributed by atoms with Crippen molar-refractivity contribution in [2.24, 2.45) is 5.73 Å². The molecule has 1 atom stereocenters. The molecule has 0 radical (unpaired) electrons. The molecule has 0 spiro atoms. The number of hydrogen-bond donors (Lipinski definition) is 2. The summed E-state index contributed by atoms with van der Waals surface area (Å²) in [7, 11) is 0. The van der Waals surface area contributed by atoms with E-state index in [0.717, 1.165) is 6.42 Å². The van der Waals surface area contributed by atoms with Crippen molar-refractivity contribution in [3.63, 3.8) is 0 Å². The Hall–Kier alpha value is -0.340. The first-order valence-corrected chi connectivity index (χ1v) is 3.34. The van der Waals surface area contributed by atoms with Crippen LogP contribution in [-0.4, -0.2) is 17.8 Å². The molecule has 0 saturated carbocycles. The summed E-state index contributed by atoms with van der Waals surface area (Å²) < 4.78 is 0. The van der Waals surface area contributed by atoms with Gasteiger partial charge in [0.2, 0.25) is 0 Å². The molecule has 1 unspecified atom stereocenters. The molecular formula is C7H15NO. The van der Waals surface area contributed by atoms with Crippen molar-refractivity contribution in [1.82, 2.24) is 0 Å². The van der Waals surface area contributed by atoms with Crippen molar-refractivity contribution in [2.75, 3.05) is 6.61 Å². The number of aliphatic hydroxyl groups is 1. The van der Waals surface area contributed by atoms with E-state index in [1.54, 1.807) is 0 Å². The molecule has 0 rings (SSSR count). The fourth-order valence-electron chi connectivity index (χ4n) is 0.556. The quantitative estimate of drug-likeness (QED) is 0.548. The van der Waals surface area contributed by atoms with Crippen LogP contribution in [0.4, 0.5) is 0 Å². The summed E-state index contributed by atoms with van der Waals surface area (Å²) in [5, 5.41) is 8.42. The molecule has 0 aliphatic rings. The lowest BCUT2D eigenvalue weighted by Crippen LogP contribution is -2.17. The normalized spacial score (nSPS) is 14.6. The molecule has 0 aromatic rings. The van der Waals surface area contributed by atoms with Crippen LogP contribution in [0.5, 0.6) is 0 Å². The van der Waals surface area contributed by atoms with Crippen LogP contribution in [0, 0.1) is 0 Å². The van der Waals surface area contributed by atoms with Crippen LogP contribution in [0.2, 0.25) is 0 Å². The third kappa shape index (κ3) is 5.53. The van der Waals surface area contributed by atoms with Gasteiger partial charge in [-0.2, -0.15) is 0 Å². The van der Waals surface area contributed by atoms with Crippen molar-refractivity contribution in [1.29, 1.82) is 0 Å². The van der Waals surface area contributed by atoms with Crippen LogP contribution in [-0.2, 0) is 0 Å². The summed E-state index contributed by atoms with van der Waals surface area (Å²) >= 11 is 0. The maximum absolute atomic E-state index is 8.42. The van der Waals surface area contributed by atoms with Gasteiger partial charge in [0.25, 0.3) is 0 Å². The van der Waals surface area contributed by atoms with E-state index in [1.807, 2.05) is 12.2 Å². The van der Waals surface area contributed by atoms with Gasteiger partial charge in [0.1, 0.15) is 0 Å². The Kier molecular flexibility index (Phi) is 5.57. The maximum atomic E-state index is 8.42. The van der Waals surface area contributed by atoms with E-state index in [4.69, 9.17) is 10.8 Å². The van der Waals surface area contributed by atoms with Crippen LogP contribution < -0.4 is 5.73 Å². The molecule has 9 heavy (non-hydrogen) atoms. The topological polar surface area (TPSA) is 46.2 Å².